The molecule has 12 N–H and O–H groups in total. The Morgan fingerprint density at radius 3 is 1.97 bits per heavy atom. The molecule has 0 unspecified atom stereocenters. The first-order chi connectivity index (χ1) is 13.4. The third-order valence-corrected chi connectivity index (χ3v) is 3.61. The largest absolute Gasteiger partial charge is 0.481 e. The van der Waals surface area contributed by atoms with Crippen LogP contribution in [-0.4, -0.2) is 70.5 Å². The Labute approximate surface area is 166 Å². The molecule has 14 nitrogen and oxygen atoms in total. The molecule has 0 saturated carbocycles. The second-order valence-corrected chi connectivity index (χ2v) is 6.12. The Morgan fingerprint density at radius 2 is 1.48 bits per heavy atom. The van der Waals surface area contributed by atoms with Crippen molar-refractivity contribution in [2.24, 2.45) is 27.9 Å². The molecule has 0 aromatic rings. The molecule has 3 amide bonds. The van der Waals surface area contributed by atoms with Crippen molar-refractivity contribution in [2.75, 3.05) is 6.54 Å². The van der Waals surface area contributed by atoms with Gasteiger partial charge in [-0.05, 0) is 19.3 Å². The van der Waals surface area contributed by atoms with Gasteiger partial charge in [-0.3, -0.25) is 24.2 Å². The Hall–Kier alpha value is -3.42. The van der Waals surface area contributed by atoms with E-state index in [9.17, 15) is 29.1 Å². The van der Waals surface area contributed by atoms with Gasteiger partial charge in [-0.15, -0.1) is 0 Å². The van der Waals surface area contributed by atoms with E-state index in [0.29, 0.717) is 0 Å². The highest BCUT2D eigenvalue weighted by molar-refractivity contribution is 5.94. The van der Waals surface area contributed by atoms with Crippen LogP contribution >= 0.6 is 0 Å². The summed E-state index contributed by atoms with van der Waals surface area (Å²) in [6, 6.07) is -4.13. The summed E-state index contributed by atoms with van der Waals surface area (Å²) in [6.07, 6.45) is -0.903. The second-order valence-electron chi connectivity index (χ2n) is 6.12. The molecule has 0 radical (unpaired) electrons. The number of carbonyl (C=O) groups excluding carboxylic acids is 3. The fourth-order valence-corrected chi connectivity index (χ4v) is 2.12. The molecule has 29 heavy (non-hydrogen) atoms. The summed E-state index contributed by atoms with van der Waals surface area (Å²) >= 11 is 0. The van der Waals surface area contributed by atoms with Crippen LogP contribution in [0.5, 0.6) is 0 Å². The maximum Gasteiger partial charge on any atom is 0.326 e. The molecule has 0 aliphatic rings. The van der Waals surface area contributed by atoms with Gasteiger partial charge in [0.05, 0.1) is 12.5 Å². The van der Waals surface area contributed by atoms with E-state index in [2.05, 4.69) is 15.6 Å². The van der Waals surface area contributed by atoms with Crippen LogP contribution in [0.3, 0.4) is 0 Å². The first kappa shape index (κ1) is 25.6. The first-order valence-corrected chi connectivity index (χ1v) is 8.58. The molecule has 0 saturated heterocycles. The fraction of sp³-hybridized carbons (Fsp3) is 0.600. The molecule has 0 aliphatic carbocycles. The lowest BCUT2D eigenvalue weighted by molar-refractivity contribution is -0.143. The predicted molar refractivity (Wildman–Crippen MR) is 100 cm³/mol. The Morgan fingerprint density at radius 1 is 0.897 bits per heavy atom. The van der Waals surface area contributed by atoms with E-state index in [1.54, 1.807) is 0 Å². The van der Waals surface area contributed by atoms with Crippen LogP contribution in [-0.2, 0) is 24.0 Å². The number of carboxylic acid groups (broad SMARTS) is 2. The minimum Gasteiger partial charge on any atom is -0.481 e. The van der Waals surface area contributed by atoms with Gasteiger partial charge in [0.15, 0.2) is 5.96 Å². The summed E-state index contributed by atoms with van der Waals surface area (Å²) < 4.78 is 0. The molecule has 0 aromatic heterocycles. The Balaban J connectivity index is 4.99. The highest BCUT2D eigenvalue weighted by atomic mass is 16.4. The topological polar surface area (TPSA) is 266 Å². The molecular weight excluding hydrogens is 390 g/mol. The normalized spacial score (nSPS) is 13.4. The molecule has 0 heterocycles. The van der Waals surface area contributed by atoms with Crippen molar-refractivity contribution in [1.82, 2.24) is 10.6 Å². The molecule has 14 heteroatoms. The van der Waals surface area contributed by atoms with E-state index in [1.165, 1.54) is 0 Å². The van der Waals surface area contributed by atoms with E-state index >= 15 is 0 Å². The number of amides is 3. The maximum absolute atomic E-state index is 12.3. The van der Waals surface area contributed by atoms with Gasteiger partial charge in [-0.1, -0.05) is 0 Å². The maximum atomic E-state index is 12.3. The van der Waals surface area contributed by atoms with Crippen LogP contribution in [0.15, 0.2) is 4.99 Å². The molecule has 3 atom stereocenters. The highest BCUT2D eigenvalue weighted by Gasteiger charge is 2.29. The standard InChI is InChI=1S/C15H27N7O7/c16-7(3-4-10(17)23)12(26)22-9(6-11(24)25)13(27)21-8(14(28)29)2-1-5-20-15(18)19/h7-9H,1-6,16H2,(H2,17,23)(H,21,27)(H,22,26)(H,24,25)(H,28,29)(H4,18,19,20)/t7-,8-,9-/m0/s1. The van der Waals surface area contributed by atoms with Crippen LogP contribution in [0.2, 0.25) is 0 Å². The van der Waals surface area contributed by atoms with E-state index in [-0.39, 0.29) is 38.2 Å². The molecule has 0 rings (SSSR count). The van der Waals surface area contributed by atoms with Crippen molar-refractivity contribution in [1.29, 1.82) is 0 Å². The van der Waals surface area contributed by atoms with E-state index in [0.717, 1.165) is 0 Å². The number of rotatable bonds is 14. The van der Waals surface area contributed by atoms with Gasteiger partial charge in [0.1, 0.15) is 12.1 Å². The fourth-order valence-electron chi connectivity index (χ4n) is 2.12. The van der Waals surface area contributed by atoms with E-state index in [4.69, 9.17) is 28.0 Å². The molecule has 0 spiro atoms. The van der Waals surface area contributed by atoms with Crippen molar-refractivity contribution in [3.8, 4) is 0 Å². The van der Waals surface area contributed by atoms with Gasteiger partial charge in [0, 0.05) is 13.0 Å². The Kier molecular flexibility index (Phi) is 11.4. The number of carboxylic acids is 2. The van der Waals surface area contributed by atoms with Crippen molar-refractivity contribution in [3.05, 3.63) is 0 Å². The van der Waals surface area contributed by atoms with Gasteiger partial charge in [-0.25, -0.2) is 4.79 Å². The number of aliphatic carboxylic acids is 2. The van der Waals surface area contributed by atoms with Gasteiger partial charge < -0.3 is 43.8 Å². The zero-order valence-corrected chi connectivity index (χ0v) is 15.7. The number of hydrogen-bond donors (Lipinski definition) is 8. The van der Waals surface area contributed by atoms with Gasteiger partial charge in [-0.2, -0.15) is 0 Å². The molecule has 164 valence electrons. The van der Waals surface area contributed by atoms with Crippen molar-refractivity contribution < 1.29 is 34.2 Å². The first-order valence-electron chi connectivity index (χ1n) is 8.58. The average molecular weight is 417 g/mol. The molecular formula is C15H27N7O7. The monoisotopic (exact) mass is 417 g/mol. The number of nitrogens with zero attached hydrogens (tertiary/aromatic N) is 1. The van der Waals surface area contributed by atoms with E-state index < -0.39 is 54.2 Å². The lowest BCUT2D eigenvalue weighted by atomic mass is 10.1. The third-order valence-electron chi connectivity index (χ3n) is 3.61. The minimum absolute atomic E-state index is 0.0380. The summed E-state index contributed by atoms with van der Waals surface area (Å²) in [6.45, 7) is 0.131. The second kappa shape index (κ2) is 12.9. The summed E-state index contributed by atoms with van der Waals surface area (Å²) in [5, 5.41) is 22.5. The van der Waals surface area contributed by atoms with Crippen molar-refractivity contribution in [3.63, 3.8) is 0 Å². The number of guanidine groups is 1. The number of aliphatic imine (C=N–C) groups is 1. The van der Waals surface area contributed by atoms with Crippen LogP contribution in [0.1, 0.15) is 32.1 Å². The van der Waals surface area contributed by atoms with Crippen LogP contribution in [0, 0.1) is 0 Å². The lowest BCUT2D eigenvalue weighted by Gasteiger charge is -2.21. The predicted octanol–water partition coefficient (Wildman–Crippen LogP) is -3.84. The average Bonchev–Trinajstić information content (AvgIpc) is 2.60. The Bertz CT molecular complexity index is 649. The summed E-state index contributed by atoms with van der Waals surface area (Å²) in [5.74, 6) is -5.52. The van der Waals surface area contributed by atoms with Gasteiger partial charge >= 0.3 is 11.9 Å². The quantitative estimate of drug-likeness (QED) is 0.0774. The van der Waals surface area contributed by atoms with Gasteiger partial charge in [0.2, 0.25) is 17.7 Å². The van der Waals surface area contributed by atoms with Gasteiger partial charge in [0.25, 0.3) is 0 Å². The van der Waals surface area contributed by atoms with E-state index in [1.807, 2.05) is 0 Å². The number of nitrogens with two attached hydrogens (primary N) is 4. The number of carbonyl (C=O) groups is 5. The summed E-state index contributed by atoms with van der Waals surface area (Å²) in [7, 11) is 0. The van der Waals surface area contributed by atoms with Crippen LogP contribution in [0.25, 0.3) is 0 Å². The summed E-state index contributed by atoms with van der Waals surface area (Å²) in [4.78, 5) is 61.1. The number of primary amides is 1. The smallest absolute Gasteiger partial charge is 0.326 e. The third kappa shape index (κ3) is 11.8. The summed E-state index contributed by atoms with van der Waals surface area (Å²) in [5.41, 5.74) is 20.8. The molecule has 0 aromatic carbocycles. The number of nitrogens with one attached hydrogen (secondary N) is 2. The van der Waals surface area contributed by atoms with Crippen LogP contribution in [0.4, 0.5) is 0 Å². The SMILES string of the molecule is NC(=O)CC[C@H](N)C(=O)N[C@@H](CC(=O)O)C(=O)N[C@@H](CCCN=C(N)N)C(=O)O. The lowest BCUT2D eigenvalue weighted by Crippen LogP contribution is -2.55. The molecule has 0 fully saturated rings. The zero-order chi connectivity index (χ0) is 22.6. The van der Waals surface area contributed by atoms with Crippen LogP contribution < -0.4 is 33.6 Å². The minimum atomic E-state index is -1.57. The van der Waals surface area contributed by atoms with Crippen molar-refractivity contribution in [2.45, 2.75) is 50.2 Å². The zero-order valence-electron chi connectivity index (χ0n) is 15.7. The number of hydrogen-bond acceptors (Lipinski definition) is 7. The molecule has 0 aliphatic heterocycles. The highest BCUT2D eigenvalue weighted by Crippen LogP contribution is 2.03. The molecule has 0 bridgehead atoms. The van der Waals surface area contributed by atoms with Crippen molar-refractivity contribution >= 4 is 35.6 Å².